The van der Waals surface area contributed by atoms with Crippen molar-refractivity contribution < 1.29 is 13.9 Å². The Kier molecular flexibility index (Phi) is 8.28. The standard InChI is InChI=1S/C35H40FN7O2/c1-24-6-3-7-25-8-4-9-31(33(24)25)40-16-14-29-30(22-40)38-35(45-23-27-13-17-42(27)26-11-12-26)39-34(29)41-18-19-43(28(21-41)20-37-2)32(44)10-5-15-36/h3-10,26-28H,11-23H2,1H3/b10-5+/t27?,28-/m0/s1. The number of carbonyl (C=O) groups excluding carboxylic acids is 1. The SMILES string of the molecule is [C-]#[N+]C[C@H]1CN(c2nc(OCC3CCN3C3CC3)nc3c2CCN(c2cccc4cccc(C)c24)C3)CCN1C(=O)/C=C/CF. The lowest BCUT2D eigenvalue weighted by Crippen LogP contribution is -2.56. The molecule has 10 heteroatoms. The Labute approximate surface area is 264 Å². The van der Waals surface area contributed by atoms with Crippen LogP contribution in [0.15, 0.2) is 48.6 Å². The normalized spacial score (nSPS) is 21.9. The Morgan fingerprint density at radius 1 is 1.07 bits per heavy atom. The van der Waals surface area contributed by atoms with E-state index in [-0.39, 0.29) is 18.5 Å². The maximum absolute atomic E-state index is 12.8. The summed E-state index contributed by atoms with van der Waals surface area (Å²) in [5.41, 5.74) is 4.53. The van der Waals surface area contributed by atoms with Crippen molar-refractivity contribution in [3.8, 4) is 6.01 Å². The van der Waals surface area contributed by atoms with Crippen molar-refractivity contribution in [3.05, 3.63) is 76.8 Å². The Bertz CT molecular complexity index is 1650. The molecule has 1 aromatic heterocycles. The molecule has 4 heterocycles. The zero-order valence-electron chi connectivity index (χ0n) is 25.9. The summed E-state index contributed by atoms with van der Waals surface area (Å²) < 4.78 is 19.1. The largest absolute Gasteiger partial charge is 0.462 e. The van der Waals surface area contributed by atoms with Gasteiger partial charge in [-0.2, -0.15) is 9.97 Å². The van der Waals surface area contributed by atoms with Crippen LogP contribution in [0.25, 0.3) is 15.6 Å². The van der Waals surface area contributed by atoms with Crippen LogP contribution >= 0.6 is 0 Å². The van der Waals surface area contributed by atoms with Gasteiger partial charge in [-0.3, -0.25) is 9.69 Å². The summed E-state index contributed by atoms with van der Waals surface area (Å²) in [5, 5.41) is 2.50. The predicted octanol–water partition coefficient (Wildman–Crippen LogP) is 4.58. The molecule has 2 saturated heterocycles. The fourth-order valence-electron chi connectivity index (χ4n) is 7.23. The maximum atomic E-state index is 12.8. The number of benzene rings is 2. The monoisotopic (exact) mass is 609 g/mol. The molecule has 1 amide bonds. The van der Waals surface area contributed by atoms with Crippen molar-refractivity contribution in [2.45, 2.75) is 57.3 Å². The molecule has 0 spiro atoms. The smallest absolute Gasteiger partial charge is 0.318 e. The molecule has 0 bridgehead atoms. The summed E-state index contributed by atoms with van der Waals surface area (Å²) in [5.74, 6) is 0.592. The molecule has 0 N–H and O–H groups in total. The summed E-state index contributed by atoms with van der Waals surface area (Å²) in [7, 11) is 0. The highest BCUT2D eigenvalue weighted by Gasteiger charge is 2.40. The fourth-order valence-corrected chi connectivity index (χ4v) is 7.23. The zero-order valence-corrected chi connectivity index (χ0v) is 25.9. The Balaban J connectivity index is 1.19. The lowest BCUT2D eigenvalue weighted by atomic mass is 9.99. The third-order valence-corrected chi connectivity index (χ3v) is 9.78. The lowest BCUT2D eigenvalue weighted by molar-refractivity contribution is -0.128. The second-order valence-corrected chi connectivity index (χ2v) is 12.6. The molecule has 2 atom stereocenters. The summed E-state index contributed by atoms with van der Waals surface area (Å²) in [6.45, 7) is 13.9. The molecule has 7 rings (SSSR count). The van der Waals surface area contributed by atoms with Crippen LogP contribution in [0.1, 0.15) is 36.1 Å². The van der Waals surface area contributed by atoms with Gasteiger partial charge in [0.25, 0.3) is 0 Å². The van der Waals surface area contributed by atoms with E-state index in [0.717, 1.165) is 43.0 Å². The van der Waals surface area contributed by atoms with Crippen LogP contribution < -0.4 is 14.5 Å². The average molecular weight is 610 g/mol. The van der Waals surface area contributed by atoms with E-state index in [1.165, 1.54) is 47.0 Å². The van der Waals surface area contributed by atoms with Crippen molar-refractivity contribution in [2.75, 3.05) is 62.3 Å². The van der Waals surface area contributed by atoms with Crippen LogP contribution in [0.4, 0.5) is 15.9 Å². The van der Waals surface area contributed by atoms with E-state index >= 15 is 0 Å². The minimum absolute atomic E-state index is 0.176. The number of likely N-dealkylation sites (tertiary alicyclic amines) is 1. The number of hydrogen-bond donors (Lipinski definition) is 0. The average Bonchev–Trinajstić information content (AvgIpc) is 3.87. The van der Waals surface area contributed by atoms with Crippen molar-refractivity contribution in [3.63, 3.8) is 0 Å². The van der Waals surface area contributed by atoms with Gasteiger partial charge in [0.1, 0.15) is 25.1 Å². The lowest BCUT2D eigenvalue weighted by Gasteiger charge is -2.41. The van der Waals surface area contributed by atoms with Gasteiger partial charge < -0.3 is 24.3 Å². The van der Waals surface area contributed by atoms with E-state index in [2.05, 4.69) is 62.9 Å². The van der Waals surface area contributed by atoms with Gasteiger partial charge in [-0.25, -0.2) is 11.0 Å². The molecule has 1 saturated carbocycles. The Morgan fingerprint density at radius 2 is 1.91 bits per heavy atom. The van der Waals surface area contributed by atoms with E-state index in [4.69, 9.17) is 21.3 Å². The molecule has 9 nitrogen and oxygen atoms in total. The molecule has 0 radical (unpaired) electrons. The third kappa shape index (κ3) is 5.94. The molecule has 1 aliphatic carbocycles. The van der Waals surface area contributed by atoms with E-state index in [0.29, 0.717) is 50.9 Å². The number of amides is 1. The van der Waals surface area contributed by atoms with Gasteiger partial charge in [0.2, 0.25) is 12.5 Å². The molecule has 3 aliphatic heterocycles. The van der Waals surface area contributed by atoms with Crippen LogP contribution in [-0.4, -0.2) is 96.4 Å². The maximum Gasteiger partial charge on any atom is 0.318 e. The van der Waals surface area contributed by atoms with E-state index < -0.39 is 6.67 Å². The second kappa shape index (κ2) is 12.6. The number of ether oxygens (including phenoxy) is 1. The number of carbonyl (C=O) groups is 1. The first kappa shape index (κ1) is 29.5. The summed E-state index contributed by atoms with van der Waals surface area (Å²) >= 11 is 0. The van der Waals surface area contributed by atoms with Crippen LogP contribution in [0.2, 0.25) is 0 Å². The molecule has 3 fully saturated rings. The first-order valence-electron chi connectivity index (χ1n) is 16.2. The fraction of sp³-hybridized carbons (Fsp3) is 0.486. The number of fused-ring (bicyclic) bond motifs is 2. The summed E-state index contributed by atoms with van der Waals surface area (Å²) in [6, 6.07) is 14.1. The predicted molar refractivity (Wildman–Crippen MR) is 173 cm³/mol. The van der Waals surface area contributed by atoms with Gasteiger partial charge in [0.15, 0.2) is 0 Å². The van der Waals surface area contributed by atoms with Gasteiger partial charge in [-0.15, -0.1) is 0 Å². The van der Waals surface area contributed by atoms with Crippen LogP contribution in [0.5, 0.6) is 6.01 Å². The molecular formula is C35H40FN7O2. The van der Waals surface area contributed by atoms with E-state index in [1.807, 2.05) is 0 Å². The van der Waals surface area contributed by atoms with Crippen molar-refractivity contribution >= 4 is 28.2 Å². The second-order valence-electron chi connectivity index (χ2n) is 12.6. The summed E-state index contributed by atoms with van der Waals surface area (Å²) in [4.78, 5) is 35.3. The minimum atomic E-state index is -0.691. The summed E-state index contributed by atoms with van der Waals surface area (Å²) in [6.07, 6.45) is 6.97. The number of aromatic nitrogens is 2. The highest BCUT2D eigenvalue weighted by Crippen LogP contribution is 2.37. The van der Waals surface area contributed by atoms with Gasteiger partial charge >= 0.3 is 6.01 Å². The Hall–Kier alpha value is -4.23. The Morgan fingerprint density at radius 3 is 2.67 bits per heavy atom. The minimum Gasteiger partial charge on any atom is -0.462 e. The number of alkyl halides is 1. The number of anilines is 2. The molecule has 1 unspecified atom stereocenters. The molecule has 234 valence electrons. The molecule has 45 heavy (non-hydrogen) atoms. The number of aryl methyl sites for hydroxylation is 1. The molecule has 4 aliphatic rings. The van der Waals surface area contributed by atoms with Crippen molar-refractivity contribution in [2.24, 2.45) is 0 Å². The van der Waals surface area contributed by atoms with Crippen LogP contribution in [0, 0.1) is 13.5 Å². The topological polar surface area (TPSA) is 69.4 Å². The van der Waals surface area contributed by atoms with Crippen LogP contribution in [0.3, 0.4) is 0 Å². The number of halogens is 1. The van der Waals surface area contributed by atoms with Gasteiger partial charge in [-0.1, -0.05) is 30.3 Å². The first-order chi connectivity index (χ1) is 22.0. The van der Waals surface area contributed by atoms with Crippen molar-refractivity contribution in [1.82, 2.24) is 19.8 Å². The first-order valence-corrected chi connectivity index (χ1v) is 16.2. The van der Waals surface area contributed by atoms with Gasteiger partial charge in [0.05, 0.1) is 12.2 Å². The molecule has 3 aromatic rings. The highest BCUT2D eigenvalue weighted by atomic mass is 19.1. The van der Waals surface area contributed by atoms with E-state index in [1.54, 1.807) is 4.90 Å². The van der Waals surface area contributed by atoms with Gasteiger partial charge in [0, 0.05) is 67.5 Å². The van der Waals surface area contributed by atoms with Gasteiger partial charge in [-0.05, 0) is 55.7 Å². The van der Waals surface area contributed by atoms with Crippen LogP contribution in [-0.2, 0) is 17.8 Å². The number of allylic oxidation sites excluding steroid dienone is 1. The van der Waals surface area contributed by atoms with Crippen molar-refractivity contribution in [1.29, 1.82) is 0 Å². The number of hydrogen-bond acceptors (Lipinski definition) is 7. The quantitative estimate of drug-likeness (QED) is 0.260. The highest BCUT2D eigenvalue weighted by molar-refractivity contribution is 5.97. The molecular weight excluding hydrogens is 569 g/mol. The zero-order chi connectivity index (χ0) is 30.9. The third-order valence-electron chi connectivity index (χ3n) is 9.78. The number of piperazine rings is 1. The number of rotatable bonds is 9. The van der Waals surface area contributed by atoms with E-state index in [9.17, 15) is 9.18 Å². The molecule has 2 aromatic carbocycles. The number of nitrogens with zero attached hydrogens (tertiary/aromatic N) is 7.